The number of piperazine rings is 1. The molecule has 224 valence electrons. The van der Waals surface area contributed by atoms with E-state index in [-0.39, 0.29) is 18.0 Å². The predicted octanol–water partition coefficient (Wildman–Crippen LogP) is 5.95. The summed E-state index contributed by atoms with van der Waals surface area (Å²) in [4.78, 5) is 32.0. The summed E-state index contributed by atoms with van der Waals surface area (Å²) in [6.45, 7) is 14.2. The Bertz CT molecular complexity index is 1000. The van der Waals surface area contributed by atoms with Gasteiger partial charge in [-0.25, -0.2) is 4.79 Å². The fourth-order valence-corrected chi connectivity index (χ4v) is 10.8. The fraction of sp³-hybridized carbons (Fsp3) is 0.882. The normalized spacial score (nSPS) is 42.1. The van der Waals surface area contributed by atoms with Gasteiger partial charge in [0, 0.05) is 45.7 Å². The van der Waals surface area contributed by atoms with Crippen LogP contribution in [0, 0.1) is 46.3 Å². The third-order valence-corrected chi connectivity index (χ3v) is 13.2. The summed E-state index contributed by atoms with van der Waals surface area (Å²) in [5.74, 6) is 4.57. The van der Waals surface area contributed by atoms with E-state index in [2.05, 4.69) is 33.8 Å². The average molecular weight is 554 g/mol. The lowest BCUT2D eigenvalue weighted by Gasteiger charge is -2.58. The molecule has 6 heteroatoms. The molecule has 6 aliphatic rings. The first-order valence-corrected chi connectivity index (χ1v) is 16.8. The van der Waals surface area contributed by atoms with Crippen LogP contribution in [0.1, 0.15) is 98.3 Å². The van der Waals surface area contributed by atoms with Crippen LogP contribution in [-0.4, -0.2) is 77.1 Å². The molecular formula is C34H55N3O3. The van der Waals surface area contributed by atoms with Crippen LogP contribution in [-0.2, 0) is 4.79 Å². The van der Waals surface area contributed by atoms with Crippen LogP contribution in [0.3, 0.4) is 0 Å². The van der Waals surface area contributed by atoms with Crippen molar-refractivity contribution >= 4 is 11.9 Å². The van der Waals surface area contributed by atoms with Gasteiger partial charge < -0.3 is 19.8 Å². The first kappa shape index (κ1) is 28.6. The summed E-state index contributed by atoms with van der Waals surface area (Å²) in [7, 11) is 0. The van der Waals surface area contributed by atoms with Crippen LogP contribution in [0.4, 0.5) is 4.79 Å². The first-order valence-electron chi connectivity index (χ1n) is 16.8. The lowest BCUT2D eigenvalue weighted by molar-refractivity contribution is -0.133. The molecule has 2 saturated heterocycles. The van der Waals surface area contributed by atoms with Gasteiger partial charge in [0.15, 0.2) is 0 Å². The molecule has 0 aromatic carbocycles. The van der Waals surface area contributed by atoms with Crippen molar-refractivity contribution in [3.05, 3.63) is 11.6 Å². The van der Waals surface area contributed by atoms with Crippen LogP contribution >= 0.6 is 0 Å². The van der Waals surface area contributed by atoms with Gasteiger partial charge in [0.2, 0.25) is 5.91 Å². The van der Waals surface area contributed by atoms with E-state index in [0.29, 0.717) is 55.3 Å². The molecule has 2 aliphatic heterocycles. The second kappa shape index (κ2) is 10.9. The highest BCUT2D eigenvalue weighted by Crippen LogP contribution is 2.67. The Morgan fingerprint density at radius 2 is 1.70 bits per heavy atom. The minimum Gasteiger partial charge on any atom is -0.393 e. The number of aliphatic hydroxyl groups is 1. The van der Waals surface area contributed by atoms with Crippen LogP contribution in [0.15, 0.2) is 11.6 Å². The Labute approximate surface area is 242 Å². The van der Waals surface area contributed by atoms with Gasteiger partial charge in [0.05, 0.1) is 6.10 Å². The number of carbonyl (C=O) groups is 2. The van der Waals surface area contributed by atoms with Gasteiger partial charge >= 0.3 is 6.03 Å². The SMILES string of the molecule is CC(CCC(=O)N1CCN(C(=O)N2CC[C@@H](C)C2)CC1)[C@H]1CC[C@H]2[C@@H]3CC=C4C[C@@H](O)CC[C@]4(C)[C@H]3CC[C@]12C. The van der Waals surface area contributed by atoms with Crippen molar-refractivity contribution in [2.75, 3.05) is 39.3 Å². The van der Waals surface area contributed by atoms with E-state index in [9.17, 15) is 14.7 Å². The summed E-state index contributed by atoms with van der Waals surface area (Å²) in [6, 6.07) is 0.170. The van der Waals surface area contributed by atoms with Gasteiger partial charge in [0.1, 0.15) is 0 Å². The van der Waals surface area contributed by atoms with Crippen molar-refractivity contribution in [2.45, 2.75) is 104 Å². The van der Waals surface area contributed by atoms with Crippen LogP contribution in [0.2, 0.25) is 0 Å². The number of carbonyl (C=O) groups excluding carboxylic acids is 2. The number of nitrogens with zero attached hydrogens (tertiary/aromatic N) is 3. The highest BCUT2D eigenvalue weighted by atomic mass is 16.3. The summed E-state index contributed by atoms with van der Waals surface area (Å²) >= 11 is 0. The number of urea groups is 1. The largest absolute Gasteiger partial charge is 0.393 e. The number of aliphatic hydroxyl groups excluding tert-OH is 1. The highest BCUT2D eigenvalue weighted by Gasteiger charge is 2.59. The van der Waals surface area contributed by atoms with Crippen LogP contribution in [0.25, 0.3) is 0 Å². The third-order valence-electron chi connectivity index (χ3n) is 13.2. The topological polar surface area (TPSA) is 64.1 Å². The first-order chi connectivity index (χ1) is 19.1. The molecule has 9 atom stereocenters. The molecule has 3 amide bonds. The van der Waals surface area contributed by atoms with E-state index in [1.54, 1.807) is 5.57 Å². The zero-order chi connectivity index (χ0) is 28.2. The van der Waals surface area contributed by atoms with Gasteiger partial charge in [0.25, 0.3) is 0 Å². The van der Waals surface area contributed by atoms with E-state index in [1.807, 2.05) is 14.7 Å². The van der Waals surface area contributed by atoms with Crippen LogP contribution < -0.4 is 0 Å². The number of likely N-dealkylation sites (tertiary alicyclic amines) is 1. The fourth-order valence-electron chi connectivity index (χ4n) is 10.8. The van der Waals surface area contributed by atoms with Gasteiger partial charge in [-0.05, 0) is 111 Å². The Morgan fingerprint density at radius 1 is 0.950 bits per heavy atom. The minimum absolute atomic E-state index is 0.130. The zero-order valence-electron chi connectivity index (χ0n) is 25.7. The van der Waals surface area contributed by atoms with Gasteiger partial charge in [-0.2, -0.15) is 0 Å². The number of amides is 3. The predicted molar refractivity (Wildman–Crippen MR) is 159 cm³/mol. The molecule has 1 N–H and O–H groups in total. The molecule has 4 aliphatic carbocycles. The highest BCUT2D eigenvalue weighted by molar-refractivity contribution is 5.78. The van der Waals surface area contributed by atoms with E-state index >= 15 is 0 Å². The molecule has 6 nitrogen and oxygen atoms in total. The molecule has 0 aromatic heterocycles. The second-order valence-electron chi connectivity index (χ2n) is 15.4. The van der Waals surface area contributed by atoms with Crippen molar-refractivity contribution in [3.8, 4) is 0 Å². The number of hydrogen-bond donors (Lipinski definition) is 1. The quantitative estimate of drug-likeness (QED) is 0.438. The Balaban J connectivity index is 1.01. The summed E-state index contributed by atoms with van der Waals surface area (Å²) in [6.07, 6.45) is 14.7. The van der Waals surface area contributed by atoms with Crippen molar-refractivity contribution in [2.24, 2.45) is 46.3 Å². The second-order valence-corrected chi connectivity index (χ2v) is 15.4. The van der Waals surface area contributed by atoms with Crippen LogP contribution in [0.5, 0.6) is 0 Å². The lowest BCUT2D eigenvalue weighted by Crippen LogP contribution is -2.53. The zero-order valence-corrected chi connectivity index (χ0v) is 25.7. The summed E-state index contributed by atoms with van der Waals surface area (Å²) < 4.78 is 0. The molecule has 2 heterocycles. The number of fused-ring (bicyclic) bond motifs is 5. The Kier molecular flexibility index (Phi) is 7.80. The maximum Gasteiger partial charge on any atom is 0.320 e. The molecule has 1 unspecified atom stereocenters. The molecule has 3 saturated carbocycles. The maximum absolute atomic E-state index is 13.2. The minimum atomic E-state index is -0.130. The number of allylic oxidation sites excluding steroid dienone is 1. The molecule has 0 aromatic rings. The Morgan fingerprint density at radius 3 is 2.42 bits per heavy atom. The molecule has 0 radical (unpaired) electrons. The molecule has 0 bridgehead atoms. The van der Waals surface area contributed by atoms with Gasteiger partial charge in [-0.3, -0.25) is 4.79 Å². The van der Waals surface area contributed by atoms with Gasteiger partial charge in [-0.1, -0.05) is 39.3 Å². The maximum atomic E-state index is 13.2. The lowest BCUT2D eigenvalue weighted by atomic mass is 9.47. The molecule has 0 spiro atoms. The molecule has 6 rings (SSSR count). The van der Waals surface area contributed by atoms with Crippen molar-refractivity contribution in [3.63, 3.8) is 0 Å². The molecule has 5 fully saturated rings. The Hall–Kier alpha value is -1.56. The smallest absolute Gasteiger partial charge is 0.320 e. The van der Waals surface area contributed by atoms with Crippen molar-refractivity contribution < 1.29 is 14.7 Å². The number of rotatable bonds is 4. The monoisotopic (exact) mass is 553 g/mol. The van der Waals surface area contributed by atoms with Gasteiger partial charge in [-0.15, -0.1) is 0 Å². The standard InChI is InChI=1S/C34H55N3O3/c1-23-13-16-37(22-23)32(40)36-19-17-35(18-20-36)31(39)10-5-24(2)28-8-9-29-27-7-6-25-21-26(38)11-14-33(25,3)30(27)12-15-34(28,29)4/h6,23-24,26-30,38H,5,7-22H2,1-4H3/t23-,24?,26+,27+,28-,29+,30+,33+,34-/m1/s1. The molecule has 40 heavy (non-hydrogen) atoms. The summed E-state index contributed by atoms with van der Waals surface area (Å²) in [5.41, 5.74) is 2.27. The van der Waals surface area contributed by atoms with Crippen molar-refractivity contribution in [1.29, 1.82) is 0 Å². The van der Waals surface area contributed by atoms with Crippen molar-refractivity contribution in [1.82, 2.24) is 14.7 Å². The van der Waals surface area contributed by atoms with E-state index in [4.69, 9.17) is 0 Å². The molecular weight excluding hydrogens is 498 g/mol. The van der Waals surface area contributed by atoms with E-state index in [1.165, 1.54) is 32.1 Å². The summed E-state index contributed by atoms with van der Waals surface area (Å²) in [5, 5.41) is 10.3. The number of hydrogen-bond acceptors (Lipinski definition) is 3. The average Bonchev–Trinajstić information content (AvgIpc) is 3.54. The van der Waals surface area contributed by atoms with E-state index in [0.717, 1.165) is 68.9 Å². The third kappa shape index (κ3) is 4.92. The van der Waals surface area contributed by atoms with E-state index < -0.39 is 0 Å².